The Hall–Kier alpha value is -2.35. The van der Waals surface area contributed by atoms with Gasteiger partial charge in [0.05, 0.1) is 11.8 Å². The molecule has 2 aliphatic rings. The van der Waals surface area contributed by atoms with Gasteiger partial charge in [-0.25, -0.2) is 8.42 Å². The molecule has 1 N–H and O–H groups in total. The van der Waals surface area contributed by atoms with Crippen molar-refractivity contribution in [3.8, 4) is 0 Å². The Balaban J connectivity index is 0.00000272. The minimum absolute atomic E-state index is 0. The van der Waals surface area contributed by atoms with E-state index in [0.29, 0.717) is 12.1 Å². The molecule has 2 aliphatic heterocycles. The highest BCUT2D eigenvalue weighted by Gasteiger charge is 2.34. The van der Waals surface area contributed by atoms with E-state index in [-0.39, 0.29) is 41.5 Å². The van der Waals surface area contributed by atoms with Crippen LogP contribution in [0.4, 0.5) is 0 Å². The van der Waals surface area contributed by atoms with Gasteiger partial charge in [-0.3, -0.25) is 9.69 Å². The van der Waals surface area contributed by atoms with Gasteiger partial charge in [0.25, 0.3) is 5.91 Å². The summed E-state index contributed by atoms with van der Waals surface area (Å²) in [7, 11) is -3.59. The molecule has 0 bridgehead atoms. The third-order valence-corrected chi connectivity index (χ3v) is 7.33. The van der Waals surface area contributed by atoms with Crippen LogP contribution in [0.25, 0.3) is 4.91 Å². The van der Waals surface area contributed by atoms with Gasteiger partial charge in [0, 0.05) is 6.54 Å². The molecular formula is C23H27ClN2O4S. The van der Waals surface area contributed by atoms with Crippen LogP contribution < -0.4 is 5.32 Å². The summed E-state index contributed by atoms with van der Waals surface area (Å²) in [6.07, 6.45) is 2.28. The van der Waals surface area contributed by atoms with Crippen LogP contribution in [0.15, 0.2) is 66.4 Å². The predicted molar refractivity (Wildman–Crippen MR) is 123 cm³/mol. The second-order valence-corrected chi connectivity index (χ2v) is 9.62. The number of ether oxygens (including phenoxy) is 1. The van der Waals surface area contributed by atoms with Crippen molar-refractivity contribution in [1.82, 2.24) is 10.2 Å². The molecule has 1 saturated heterocycles. The second kappa shape index (κ2) is 10.3. The van der Waals surface area contributed by atoms with Gasteiger partial charge in [0.2, 0.25) is 5.76 Å². The third-order valence-electron chi connectivity index (χ3n) is 5.58. The first-order valence-electron chi connectivity index (χ1n) is 10.3. The Morgan fingerprint density at radius 2 is 1.61 bits per heavy atom. The Labute approximate surface area is 189 Å². The average molecular weight is 463 g/mol. The van der Waals surface area contributed by atoms with Gasteiger partial charge < -0.3 is 10.1 Å². The van der Waals surface area contributed by atoms with Crippen LogP contribution in [0, 0.1) is 0 Å². The first-order chi connectivity index (χ1) is 14.6. The standard InChI is InChI=1S/C23H26N2O4S.ClH/c26-23(21-22(19-11-5-2-6-12-19)30(27,28)16-15-29-21)24-17-20(25-13-7-8-14-25)18-9-3-1-4-10-18;/h1-6,9-12,20H,7-8,13-17H2,(H,24,26);1H. The number of carbonyl (C=O) groups excluding carboxylic acids is 1. The molecule has 1 unspecified atom stereocenters. The summed E-state index contributed by atoms with van der Waals surface area (Å²) >= 11 is 0. The maximum absolute atomic E-state index is 13.0. The van der Waals surface area contributed by atoms with E-state index in [0.717, 1.165) is 31.5 Å². The number of hydrogen-bond acceptors (Lipinski definition) is 5. The van der Waals surface area contributed by atoms with E-state index in [4.69, 9.17) is 4.74 Å². The summed E-state index contributed by atoms with van der Waals surface area (Å²) in [5.41, 5.74) is 1.61. The van der Waals surface area contributed by atoms with E-state index in [9.17, 15) is 13.2 Å². The van der Waals surface area contributed by atoms with Gasteiger partial charge in [-0.15, -0.1) is 12.4 Å². The molecule has 1 fully saturated rings. The summed E-state index contributed by atoms with van der Waals surface area (Å²) in [6, 6.07) is 18.8. The van der Waals surface area contributed by atoms with Crippen LogP contribution in [-0.2, 0) is 19.4 Å². The highest BCUT2D eigenvalue weighted by atomic mass is 35.5. The lowest BCUT2D eigenvalue weighted by Gasteiger charge is -2.29. The molecule has 0 aromatic heterocycles. The lowest BCUT2D eigenvalue weighted by atomic mass is 10.1. The molecule has 166 valence electrons. The summed E-state index contributed by atoms with van der Waals surface area (Å²) in [5.74, 6) is -0.730. The molecule has 1 atom stereocenters. The number of carbonyl (C=O) groups is 1. The minimum atomic E-state index is -3.59. The maximum atomic E-state index is 13.0. The Morgan fingerprint density at radius 1 is 1.00 bits per heavy atom. The number of halogens is 1. The number of rotatable bonds is 6. The fourth-order valence-corrected chi connectivity index (χ4v) is 5.52. The van der Waals surface area contributed by atoms with Crippen molar-refractivity contribution in [2.45, 2.75) is 18.9 Å². The van der Waals surface area contributed by atoms with Gasteiger partial charge in [-0.2, -0.15) is 0 Å². The van der Waals surface area contributed by atoms with E-state index in [1.54, 1.807) is 30.3 Å². The molecular weight excluding hydrogens is 436 g/mol. The molecule has 2 aromatic rings. The van der Waals surface area contributed by atoms with Gasteiger partial charge in [-0.05, 0) is 37.1 Å². The lowest BCUT2D eigenvalue weighted by Crippen LogP contribution is -2.39. The SMILES string of the molecule is Cl.O=C(NCC(c1ccccc1)N1CCCC1)C1=C(c2ccccc2)S(=O)(=O)CCO1. The van der Waals surface area contributed by atoms with Crippen molar-refractivity contribution in [1.29, 1.82) is 0 Å². The summed E-state index contributed by atoms with van der Waals surface area (Å²) in [5, 5.41) is 2.94. The molecule has 0 radical (unpaired) electrons. The predicted octanol–water partition coefficient (Wildman–Crippen LogP) is 3.18. The molecule has 4 rings (SSSR count). The summed E-state index contributed by atoms with van der Waals surface area (Å²) in [4.78, 5) is 15.4. The van der Waals surface area contributed by atoms with E-state index < -0.39 is 15.7 Å². The molecule has 2 heterocycles. The molecule has 8 heteroatoms. The number of likely N-dealkylation sites (tertiary alicyclic amines) is 1. The van der Waals surface area contributed by atoms with Crippen LogP contribution in [0.5, 0.6) is 0 Å². The third kappa shape index (κ3) is 5.29. The quantitative estimate of drug-likeness (QED) is 0.713. The van der Waals surface area contributed by atoms with Crippen molar-refractivity contribution in [3.63, 3.8) is 0 Å². The number of nitrogens with one attached hydrogen (secondary N) is 1. The molecule has 2 aromatic carbocycles. The molecule has 0 aliphatic carbocycles. The molecule has 31 heavy (non-hydrogen) atoms. The number of sulfone groups is 1. The Bertz CT molecular complexity index is 1020. The topological polar surface area (TPSA) is 75.7 Å². The van der Waals surface area contributed by atoms with Crippen LogP contribution in [0.1, 0.15) is 30.0 Å². The zero-order valence-corrected chi connectivity index (χ0v) is 18.8. The van der Waals surface area contributed by atoms with Crippen LogP contribution in [-0.4, -0.2) is 51.2 Å². The van der Waals surface area contributed by atoms with Crippen LogP contribution >= 0.6 is 12.4 Å². The first kappa shape index (κ1) is 23.3. The Morgan fingerprint density at radius 3 is 2.26 bits per heavy atom. The van der Waals surface area contributed by atoms with Gasteiger partial charge in [0.15, 0.2) is 9.84 Å². The second-order valence-electron chi connectivity index (χ2n) is 7.57. The van der Waals surface area contributed by atoms with Crippen LogP contribution in [0.3, 0.4) is 0 Å². The van der Waals surface area contributed by atoms with Crippen molar-refractivity contribution in [2.24, 2.45) is 0 Å². The smallest absolute Gasteiger partial charge is 0.287 e. The van der Waals surface area contributed by atoms with Gasteiger partial charge in [0.1, 0.15) is 11.5 Å². The lowest BCUT2D eigenvalue weighted by molar-refractivity contribution is -0.121. The molecule has 6 nitrogen and oxygen atoms in total. The van der Waals surface area contributed by atoms with E-state index in [1.165, 1.54) is 0 Å². The van der Waals surface area contributed by atoms with E-state index >= 15 is 0 Å². The number of benzene rings is 2. The maximum Gasteiger partial charge on any atom is 0.287 e. The van der Waals surface area contributed by atoms with E-state index in [1.807, 2.05) is 18.2 Å². The fourth-order valence-electron chi connectivity index (χ4n) is 4.09. The highest BCUT2D eigenvalue weighted by Crippen LogP contribution is 2.30. The monoisotopic (exact) mass is 462 g/mol. The zero-order valence-electron chi connectivity index (χ0n) is 17.2. The molecule has 0 spiro atoms. The van der Waals surface area contributed by atoms with Gasteiger partial charge >= 0.3 is 0 Å². The molecule has 0 saturated carbocycles. The van der Waals surface area contributed by atoms with Gasteiger partial charge in [-0.1, -0.05) is 60.7 Å². The normalized spacial score (nSPS) is 19.2. The Kier molecular flexibility index (Phi) is 7.75. The summed E-state index contributed by atoms with van der Waals surface area (Å²) in [6.45, 7) is 2.34. The first-order valence-corrected chi connectivity index (χ1v) is 11.9. The van der Waals surface area contributed by atoms with Crippen molar-refractivity contribution in [2.75, 3.05) is 32.0 Å². The number of hydrogen-bond donors (Lipinski definition) is 1. The average Bonchev–Trinajstić information content (AvgIpc) is 3.29. The van der Waals surface area contributed by atoms with Crippen molar-refractivity contribution < 1.29 is 17.9 Å². The number of amides is 1. The minimum Gasteiger partial charge on any atom is -0.486 e. The van der Waals surface area contributed by atoms with Crippen LogP contribution in [0.2, 0.25) is 0 Å². The zero-order chi connectivity index (χ0) is 21.0. The summed E-state index contributed by atoms with van der Waals surface area (Å²) < 4.78 is 31.1. The highest BCUT2D eigenvalue weighted by molar-refractivity contribution is 8.00. The van der Waals surface area contributed by atoms with Crippen molar-refractivity contribution >= 4 is 33.1 Å². The molecule has 1 amide bonds. The fraction of sp³-hybridized carbons (Fsp3) is 0.348. The largest absolute Gasteiger partial charge is 0.486 e. The van der Waals surface area contributed by atoms with Crippen molar-refractivity contribution in [3.05, 3.63) is 77.5 Å². The van der Waals surface area contributed by atoms with E-state index in [2.05, 4.69) is 22.3 Å². The number of nitrogens with zero attached hydrogens (tertiary/aromatic N) is 1.